The summed E-state index contributed by atoms with van der Waals surface area (Å²) in [6.07, 6.45) is 1.50. The average molecular weight is 218 g/mol. The summed E-state index contributed by atoms with van der Waals surface area (Å²) in [6, 6.07) is 4.57. The van der Waals surface area contributed by atoms with Crippen molar-refractivity contribution >= 4 is 17.3 Å². The maximum Gasteiger partial charge on any atom is 0.147 e. The molecule has 0 heterocycles. The van der Waals surface area contributed by atoms with Crippen LogP contribution in [0.5, 0.6) is 0 Å². The van der Waals surface area contributed by atoms with Crippen molar-refractivity contribution in [3.8, 4) is 0 Å². The number of anilines is 1. The summed E-state index contributed by atoms with van der Waals surface area (Å²) in [4.78, 5) is 0. The molecule has 0 aromatic heterocycles. The van der Waals surface area contributed by atoms with Crippen LogP contribution < -0.4 is 5.32 Å². The Morgan fingerprint density at radius 3 is 2.79 bits per heavy atom. The molecule has 1 aromatic carbocycles. The van der Waals surface area contributed by atoms with Crippen LogP contribution in [0.4, 0.5) is 10.1 Å². The van der Waals surface area contributed by atoms with Gasteiger partial charge in [0.25, 0.3) is 0 Å². The van der Waals surface area contributed by atoms with Crippen LogP contribution in [-0.4, -0.2) is 18.3 Å². The molecule has 0 saturated carbocycles. The molecule has 0 aliphatic heterocycles. The molecule has 1 aromatic rings. The molecule has 0 aliphatic carbocycles. The molecule has 0 radical (unpaired) electrons. The molecule has 2 nitrogen and oxygen atoms in total. The zero-order valence-electron chi connectivity index (χ0n) is 7.76. The van der Waals surface area contributed by atoms with E-state index in [2.05, 4.69) is 5.32 Å². The fourth-order valence-electron chi connectivity index (χ4n) is 1.12. The molecule has 2 N–H and O–H groups in total. The molecule has 0 amide bonds. The number of hydrogen-bond donors (Lipinski definition) is 2. The molecular weight excluding hydrogens is 205 g/mol. The van der Waals surface area contributed by atoms with E-state index in [1.807, 2.05) is 0 Å². The number of para-hydroxylation sites is 1. The van der Waals surface area contributed by atoms with Crippen molar-refractivity contribution in [3.63, 3.8) is 0 Å². The normalized spacial score (nSPS) is 10.2. The number of rotatable bonds is 5. The first-order chi connectivity index (χ1) is 6.75. The number of aliphatic hydroxyl groups excluding tert-OH is 1. The summed E-state index contributed by atoms with van der Waals surface area (Å²) in [7, 11) is 0. The van der Waals surface area contributed by atoms with Gasteiger partial charge >= 0.3 is 0 Å². The lowest BCUT2D eigenvalue weighted by Crippen LogP contribution is -2.04. The smallest absolute Gasteiger partial charge is 0.147 e. The van der Waals surface area contributed by atoms with Crippen molar-refractivity contribution in [2.24, 2.45) is 0 Å². The Morgan fingerprint density at radius 2 is 2.14 bits per heavy atom. The van der Waals surface area contributed by atoms with Crippen LogP contribution in [0.3, 0.4) is 0 Å². The Bertz CT molecular complexity index is 273. The SMILES string of the molecule is OCCCCNc1c(F)cccc1Cl. The number of hydrogen-bond acceptors (Lipinski definition) is 2. The Hall–Kier alpha value is -0.800. The number of halogens is 2. The molecular formula is C10H13ClFNO. The number of aliphatic hydroxyl groups is 1. The molecule has 0 saturated heterocycles. The highest BCUT2D eigenvalue weighted by atomic mass is 35.5. The van der Waals surface area contributed by atoms with Crippen molar-refractivity contribution < 1.29 is 9.50 Å². The Labute approximate surface area is 87.7 Å². The van der Waals surface area contributed by atoms with Gasteiger partial charge in [-0.2, -0.15) is 0 Å². The van der Waals surface area contributed by atoms with Gasteiger partial charge in [0.2, 0.25) is 0 Å². The predicted molar refractivity (Wildman–Crippen MR) is 56.2 cm³/mol. The predicted octanol–water partition coefficient (Wildman–Crippen LogP) is 2.66. The maximum atomic E-state index is 13.2. The van der Waals surface area contributed by atoms with Crippen LogP contribution in [0.1, 0.15) is 12.8 Å². The van der Waals surface area contributed by atoms with Gasteiger partial charge in [-0.1, -0.05) is 17.7 Å². The van der Waals surface area contributed by atoms with E-state index in [1.165, 1.54) is 6.07 Å². The average Bonchev–Trinajstić information content (AvgIpc) is 2.16. The Balaban J connectivity index is 2.49. The van der Waals surface area contributed by atoms with Crippen molar-refractivity contribution in [1.29, 1.82) is 0 Å². The number of unbranched alkanes of at least 4 members (excludes halogenated alkanes) is 1. The summed E-state index contributed by atoms with van der Waals surface area (Å²) >= 11 is 5.79. The maximum absolute atomic E-state index is 13.2. The molecule has 78 valence electrons. The van der Waals surface area contributed by atoms with E-state index in [9.17, 15) is 4.39 Å². The first-order valence-electron chi connectivity index (χ1n) is 4.54. The molecule has 0 atom stereocenters. The number of nitrogens with one attached hydrogen (secondary N) is 1. The lowest BCUT2D eigenvalue weighted by atomic mass is 10.2. The van der Waals surface area contributed by atoms with Gasteiger partial charge in [0, 0.05) is 13.2 Å². The summed E-state index contributed by atoms with van der Waals surface area (Å²) < 4.78 is 13.2. The molecule has 4 heteroatoms. The van der Waals surface area contributed by atoms with Gasteiger partial charge in [0.05, 0.1) is 10.7 Å². The summed E-state index contributed by atoms with van der Waals surface area (Å²) in [5, 5.41) is 11.8. The minimum absolute atomic E-state index is 0.159. The topological polar surface area (TPSA) is 32.3 Å². The van der Waals surface area contributed by atoms with E-state index >= 15 is 0 Å². The third kappa shape index (κ3) is 3.16. The van der Waals surface area contributed by atoms with Gasteiger partial charge in [0.15, 0.2) is 0 Å². The largest absolute Gasteiger partial charge is 0.396 e. The van der Waals surface area contributed by atoms with Crippen LogP contribution >= 0.6 is 11.6 Å². The van der Waals surface area contributed by atoms with E-state index in [4.69, 9.17) is 16.7 Å². The zero-order chi connectivity index (χ0) is 10.4. The monoisotopic (exact) mass is 217 g/mol. The summed E-state index contributed by atoms with van der Waals surface area (Å²) in [5.74, 6) is -0.346. The van der Waals surface area contributed by atoms with Crippen LogP contribution in [0.15, 0.2) is 18.2 Å². The third-order valence-electron chi connectivity index (χ3n) is 1.85. The summed E-state index contributed by atoms with van der Waals surface area (Å²) in [6.45, 7) is 0.772. The Kier molecular flexibility index (Phi) is 4.70. The molecule has 0 unspecified atom stereocenters. The minimum Gasteiger partial charge on any atom is -0.396 e. The Morgan fingerprint density at radius 1 is 1.36 bits per heavy atom. The van der Waals surface area contributed by atoms with Gasteiger partial charge in [-0.15, -0.1) is 0 Å². The van der Waals surface area contributed by atoms with Crippen LogP contribution in [-0.2, 0) is 0 Å². The highest BCUT2D eigenvalue weighted by Gasteiger charge is 2.04. The second kappa shape index (κ2) is 5.83. The third-order valence-corrected chi connectivity index (χ3v) is 2.16. The highest BCUT2D eigenvalue weighted by molar-refractivity contribution is 6.33. The molecule has 0 fully saturated rings. The van der Waals surface area contributed by atoms with E-state index in [1.54, 1.807) is 12.1 Å². The van der Waals surface area contributed by atoms with E-state index in [-0.39, 0.29) is 12.4 Å². The van der Waals surface area contributed by atoms with E-state index in [0.717, 1.165) is 6.42 Å². The van der Waals surface area contributed by atoms with Gasteiger partial charge in [-0.05, 0) is 25.0 Å². The van der Waals surface area contributed by atoms with Crippen LogP contribution in [0.25, 0.3) is 0 Å². The number of benzene rings is 1. The zero-order valence-corrected chi connectivity index (χ0v) is 8.52. The first kappa shape index (κ1) is 11.3. The van der Waals surface area contributed by atoms with Crippen molar-refractivity contribution in [2.75, 3.05) is 18.5 Å². The van der Waals surface area contributed by atoms with Crippen LogP contribution in [0.2, 0.25) is 5.02 Å². The fourth-order valence-corrected chi connectivity index (χ4v) is 1.35. The van der Waals surface area contributed by atoms with Gasteiger partial charge in [0.1, 0.15) is 5.82 Å². The quantitative estimate of drug-likeness (QED) is 0.744. The molecule has 0 spiro atoms. The van der Waals surface area contributed by atoms with Gasteiger partial charge < -0.3 is 10.4 Å². The summed E-state index contributed by atoms with van der Waals surface area (Å²) in [5.41, 5.74) is 0.340. The first-order valence-corrected chi connectivity index (χ1v) is 4.92. The molecule has 0 aliphatic rings. The van der Waals surface area contributed by atoms with Crippen LogP contribution in [0, 0.1) is 5.82 Å². The second-order valence-electron chi connectivity index (χ2n) is 2.95. The van der Waals surface area contributed by atoms with E-state index < -0.39 is 0 Å². The van der Waals surface area contributed by atoms with Crippen molar-refractivity contribution in [1.82, 2.24) is 0 Å². The van der Waals surface area contributed by atoms with Gasteiger partial charge in [-0.25, -0.2) is 4.39 Å². The lowest BCUT2D eigenvalue weighted by Gasteiger charge is -2.08. The fraction of sp³-hybridized carbons (Fsp3) is 0.400. The molecule has 14 heavy (non-hydrogen) atoms. The highest BCUT2D eigenvalue weighted by Crippen LogP contribution is 2.24. The van der Waals surface area contributed by atoms with Gasteiger partial charge in [-0.3, -0.25) is 0 Å². The van der Waals surface area contributed by atoms with Crippen molar-refractivity contribution in [3.05, 3.63) is 29.0 Å². The molecule has 1 rings (SSSR count). The van der Waals surface area contributed by atoms with E-state index in [0.29, 0.717) is 23.7 Å². The minimum atomic E-state index is -0.346. The lowest BCUT2D eigenvalue weighted by molar-refractivity contribution is 0.286. The van der Waals surface area contributed by atoms with Crippen molar-refractivity contribution in [2.45, 2.75) is 12.8 Å². The molecule has 0 bridgehead atoms. The standard InChI is InChI=1S/C10H13ClFNO/c11-8-4-3-5-9(12)10(8)13-6-1-2-7-14/h3-5,13-14H,1-2,6-7H2. The second-order valence-corrected chi connectivity index (χ2v) is 3.36.